The summed E-state index contributed by atoms with van der Waals surface area (Å²) in [5.41, 5.74) is 2.40. The smallest absolute Gasteiger partial charge is 0.326 e. The molecule has 1 amide bonds. The lowest BCUT2D eigenvalue weighted by molar-refractivity contribution is -0.139. The van der Waals surface area contributed by atoms with Gasteiger partial charge in [0.2, 0.25) is 0 Å². The monoisotopic (exact) mass is 450 g/mol. The first-order valence-corrected chi connectivity index (χ1v) is 11.8. The molecule has 0 saturated heterocycles. The van der Waals surface area contributed by atoms with Gasteiger partial charge in [0.25, 0.3) is 5.91 Å². The number of ether oxygens (including phenoxy) is 1. The Morgan fingerprint density at radius 3 is 2.81 bits per heavy atom. The molecule has 166 valence electrons. The Kier molecular flexibility index (Phi) is 6.85. The van der Waals surface area contributed by atoms with Crippen LogP contribution < -0.4 is 15.0 Å². The zero-order chi connectivity index (χ0) is 22.5. The number of thioether (sulfide) groups is 1. The number of rotatable bonds is 8. The van der Waals surface area contributed by atoms with E-state index in [0.29, 0.717) is 31.0 Å². The Morgan fingerprint density at radius 1 is 1.16 bits per heavy atom. The second-order valence-corrected chi connectivity index (χ2v) is 9.03. The number of nitrogens with zero attached hydrogens (tertiary/aromatic N) is 1. The highest BCUT2D eigenvalue weighted by Crippen LogP contribution is 2.34. The quantitative estimate of drug-likeness (QED) is 0.491. The highest BCUT2D eigenvalue weighted by Gasteiger charge is 2.23. The van der Waals surface area contributed by atoms with Gasteiger partial charge in [-0.2, -0.15) is 11.8 Å². The van der Waals surface area contributed by atoms with Gasteiger partial charge in [0.1, 0.15) is 11.8 Å². The molecule has 6 nitrogen and oxygen atoms in total. The Bertz CT molecular complexity index is 1130. The van der Waals surface area contributed by atoms with Crippen LogP contribution in [0.2, 0.25) is 0 Å². The second-order valence-electron chi connectivity index (χ2n) is 7.63. The number of hydrogen-bond acceptors (Lipinski definition) is 5. The van der Waals surface area contributed by atoms with Crippen LogP contribution in [0.4, 0.5) is 5.69 Å². The zero-order valence-corrected chi connectivity index (χ0v) is 18.7. The maximum absolute atomic E-state index is 12.8. The van der Waals surface area contributed by atoms with Crippen molar-refractivity contribution in [3.05, 3.63) is 71.8 Å². The predicted octanol–water partition coefficient (Wildman–Crippen LogP) is 4.52. The van der Waals surface area contributed by atoms with Gasteiger partial charge >= 0.3 is 5.97 Å². The van der Waals surface area contributed by atoms with Gasteiger partial charge in [-0.3, -0.25) is 4.79 Å². The fourth-order valence-electron chi connectivity index (χ4n) is 3.85. The molecule has 1 atom stereocenters. The molecule has 1 unspecified atom stereocenters. The molecular formula is C25H26N2O4S. The number of amides is 1. The number of carbonyl (C=O) groups is 2. The lowest BCUT2D eigenvalue weighted by Crippen LogP contribution is -2.41. The molecule has 1 aliphatic rings. The van der Waals surface area contributed by atoms with Gasteiger partial charge in [-0.25, -0.2) is 4.79 Å². The number of nitrogens with one attached hydrogen (secondary N) is 1. The number of carboxylic acid groups (broad SMARTS) is 1. The summed E-state index contributed by atoms with van der Waals surface area (Å²) in [5.74, 6) is 1.08. The minimum atomic E-state index is -1.01. The van der Waals surface area contributed by atoms with E-state index in [1.807, 2.05) is 37.3 Å². The van der Waals surface area contributed by atoms with E-state index >= 15 is 0 Å². The van der Waals surface area contributed by atoms with E-state index in [1.54, 1.807) is 23.9 Å². The van der Waals surface area contributed by atoms with Crippen molar-refractivity contribution in [2.45, 2.75) is 25.9 Å². The molecule has 1 heterocycles. The molecule has 4 rings (SSSR count). The Morgan fingerprint density at radius 2 is 2.00 bits per heavy atom. The summed E-state index contributed by atoms with van der Waals surface area (Å²) in [5, 5.41) is 14.4. The molecular weight excluding hydrogens is 424 g/mol. The molecule has 1 aliphatic heterocycles. The molecule has 2 N–H and O–H groups in total. The van der Waals surface area contributed by atoms with E-state index in [-0.39, 0.29) is 5.91 Å². The SMILES string of the molecule is CCSCCC(NC(=O)c1cccc(N2COc3ccc4ccccc4c3C2)c1)C(=O)O. The van der Waals surface area contributed by atoms with Crippen molar-refractivity contribution < 1.29 is 19.4 Å². The zero-order valence-electron chi connectivity index (χ0n) is 17.9. The standard InChI is InChI=1S/C25H26N2O4S/c1-2-32-13-12-22(25(29)30)26-24(28)18-7-5-8-19(14-18)27-15-21-20-9-4-3-6-17(20)10-11-23(21)31-16-27/h3-11,14,22H,2,12-13,15-16H2,1H3,(H,26,28)(H,29,30). The van der Waals surface area contributed by atoms with Crippen LogP contribution in [0.3, 0.4) is 0 Å². The Labute approximate surface area is 191 Å². The molecule has 0 bridgehead atoms. The number of anilines is 1. The number of carbonyl (C=O) groups excluding carboxylic acids is 1. The van der Waals surface area contributed by atoms with Crippen LogP contribution in [0.25, 0.3) is 10.8 Å². The lowest BCUT2D eigenvalue weighted by atomic mass is 10.0. The maximum atomic E-state index is 12.8. The first kappa shape index (κ1) is 22.0. The second kappa shape index (κ2) is 9.96. The predicted molar refractivity (Wildman–Crippen MR) is 129 cm³/mol. The van der Waals surface area contributed by atoms with E-state index in [0.717, 1.165) is 33.5 Å². The summed E-state index contributed by atoms with van der Waals surface area (Å²) < 4.78 is 6.00. The van der Waals surface area contributed by atoms with Gasteiger partial charge in [-0.1, -0.05) is 43.3 Å². The van der Waals surface area contributed by atoms with Crippen LogP contribution in [0.5, 0.6) is 5.75 Å². The molecule has 0 aromatic heterocycles. The van der Waals surface area contributed by atoms with Crippen molar-refractivity contribution in [2.24, 2.45) is 0 Å². The molecule has 7 heteroatoms. The van der Waals surface area contributed by atoms with Crippen LogP contribution in [0.1, 0.15) is 29.3 Å². The third kappa shape index (κ3) is 4.83. The molecule has 0 aliphatic carbocycles. The van der Waals surface area contributed by atoms with Crippen molar-refractivity contribution in [1.82, 2.24) is 5.32 Å². The van der Waals surface area contributed by atoms with Crippen LogP contribution in [0.15, 0.2) is 60.7 Å². The van der Waals surface area contributed by atoms with Gasteiger partial charge in [0, 0.05) is 16.8 Å². The third-order valence-corrected chi connectivity index (χ3v) is 6.49. The van der Waals surface area contributed by atoms with Crippen LogP contribution in [-0.2, 0) is 11.3 Å². The summed E-state index contributed by atoms with van der Waals surface area (Å²) in [6.07, 6.45) is 0.392. The molecule has 32 heavy (non-hydrogen) atoms. The maximum Gasteiger partial charge on any atom is 0.326 e. The number of benzene rings is 3. The molecule has 3 aromatic rings. The van der Waals surface area contributed by atoms with Crippen molar-refractivity contribution >= 4 is 40.1 Å². The van der Waals surface area contributed by atoms with Gasteiger partial charge in [-0.15, -0.1) is 0 Å². The average molecular weight is 451 g/mol. The van der Waals surface area contributed by atoms with Crippen molar-refractivity contribution in [1.29, 1.82) is 0 Å². The largest absolute Gasteiger partial charge is 0.480 e. The van der Waals surface area contributed by atoms with Gasteiger partial charge in [-0.05, 0) is 53.0 Å². The highest BCUT2D eigenvalue weighted by molar-refractivity contribution is 7.99. The summed E-state index contributed by atoms with van der Waals surface area (Å²) >= 11 is 1.66. The normalized spacial score (nSPS) is 13.8. The van der Waals surface area contributed by atoms with E-state index < -0.39 is 12.0 Å². The van der Waals surface area contributed by atoms with Crippen LogP contribution in [-0.4, -0.2) is 41.3 Å². The van der Waals surface area contributed by atoms with Gasteiger partial charge < -0.3 is 20.1 Å². The van der Waals surface area contributed by atoms with Gasteiger partial charge in [0.15, 0.2) is 6.73 Å². The summed E-state index contributed by atoms with van der Waals surface area (Å²) in [6, 6.07) is 18.6. The number of fused-ring (bicyclic) bond motifs is 3. The third-order valence-electron chi connectivity index (χ3n) is 5.55. The van der Waals surface area contributed by atoms with Crippen molar-refractivity contribution in [2.75, 3.05) is 23.1 Å². The number of hydrogen-bond donors (Lipinski definition) is 2. The first-order valence-electron chi connectivity index (χ1n) is 10.7. The summed E-state index contributed by atoms with van der Waals surface area (Å²) in [7, 11) is 0. The topological polar surface area (TPSA) is 78.9 Å². The highest BCUT2D eigenvalue weighted by atomic mass is 32.2. The van der Waals surface area contributed by atoms with E-state index in [2.05, 4.69) is 28.4 Å². The molecule has 0 fully saturated rings. The molecule has 3 aromatic carbocycles. The van der Waals surface area contributed by atoms with Crippen molar-refractivity contribution in [3.63, 3.8) is 0 Å². The minimum Gasteiger partial charge on any atom is -0.480 e. The van der Waals surface area contributed by atoms with E-state index in [9.17, 15) is 14.7 Å². The first-order chi connectivity index (χ1) is 15.6. The lowest BCUT2D eigenvalue weighted by Gasteiger charge is -2.31. The van der Waals surface area contributed by atoms with Gasteiger partial charge in [0.05, 0.1) is 6.54 Å². The number of aliphatic carboxylic acids is 1. The fraction of sp³-hybridized carbons (Fsp3) is 0.280. The number of carboxylic acids is 1. The van der Waals surface area contributed by atoms with Crippen molar-refractivity contribution in [3.8, 4) is 5.75 Å². The Balaban J connectivity index is 1.51. The van der Waals surface area contributed by atoms with E-state index in [4.69, 9.17) is 4.74 Å². The molecule has 0 spiro atoms. The summed E-state index contributed by atoms with van der Waals surface area (Å²) in [4.78, 5) is 26.4. The summed E-state index contributed by atoms with van der Waals surface area (Å²) in [6.45, 7) is 3.06. The molecule has 0 radical (unpaired) electrons. The Hall–Kier alpha value is -3.19. The average Bonchev–Trinajstić information content (AvgIpc) is 2.83. The van der Waals surface area contributed by atoms with Crippen LogP contribution >= 0.6 is 11.8 Å². The molecule has 0 saturated carbocycles. The minimum absolute atomic E-state index is 0.377. The fourth-order valence-corrected chi connectivity index (χ4v) is 4.54. The van der Waals surface area contributed by atoms with E-state index in [1.165, 1.54) is 0 Å². The van der Waals surface area contributed by atoms with Crippen LogP contribution in [0, 0.1) is 0 Å².